The highest BCUT2D eigenvalue weighted by Gasteiger charge is 2.26. The van der Waals surface area contributed by atoms with Crippen molar-refractivity contribution in [3.8, 4) is 0 Å². The molecule has 0 nitrogen and oxygen atoms in total. The summed E-state index contributed by atoms with van der Waals surface area (Å²) in [6.07, 6.45) is -1.63. The molecule has 0 fully saturated rings. The van der Waals surface area contributed by atoms with Crippen LogP contribution in [0.15, 0.2) is 0 Å². The molecule has 0 saturated heterocycles. The molecule has 0 radical (unpaired) electrons. The minimum absolute atomic E-state index is 0.222. The van der Waals surface area contributed by atoms with Gasteiger partial charge in [0.15, 0.2) is 0 Å². The summed E-state index contributed by atoms with van der Waals surface area (Å²) in [5.74, 6) is -4.17. The normalized spacial score (nSPS) is 14.8. The van der Waals surface area contributed by atoms with Crippen molar-refractivity contribution in [2.75, 3.05) is 23.9 Å². The molecule has 6 heteroatoms. The van der Waals surface area contributed by atoms with Crippen LogP contribution in [-0.4, -0.2) is 36.0 Å². The Morgan fingerprint density at radius 1 is 1.42 bits per heavy atom. The summed E-state index contributed by atoms with van der Waals surface area (Å²) in [4.78, 5) is 0. The average molecular weight is 222 g/mol. The van der Waals surface area contributed by atoms with Gasteiger partial charge in [-0.05, 0) is 0 Å². The van der Waals surface area contributed by atoms with Crippen LogP contribution in [-0.2, 0) is 0 Å². The lowest BCUT2D eigenvalue weighted by Crippen LogP contribution is -2.22. The summed E-state index contributed by atoms with van der Waals surface area (Å²) in [5.41, 5.74) is 0. The van der Waals surface area contributed by atoms with Gasteiger partial charge in [0.05, 0.1) is 11.5 Å². The first-order chi connectivity index (χ1) is 5.52. The van der Waals surface area contributed by atoms with E-state index < -0.39 is 30.3 Å². The Morgan fingerprint density at radius 2 is 2.00 bits per heavy atom. The summed E-state index contributed by atoms with van der Waals surface area (Å²) < 4.78 is 48.4. The smallest absolute Gasteiger partial charge is 0.248 e. The second-order valence-corrected chi connectivity index (χ2v) is 3.63. The zero-order chi connectivity index (χ0) is 9.61. The van der Waals surface area contributed by atoms with Gasteiger partial charge in [0, 0.05) is 5.75 Å². The number of hydrogen-bond acceptors (Lipinski definition) is 2. The molecule has 0 aromatic carbocycles. The SMILES string of the molecule is FCC(F)CSCC(F)(F)CS. The van der Waals surface area contributed by atoms with Crippen molar-refractivity contribution in [1.29, 1.82) is 0 Å². The lowest BCUT2D eigenvalue weighted by molar-refractivity contribution is 0.0551. The van der Waals surface area contributed by atoms with E-state index in [0.717, 1.165) is 0 Å². The van der Waals surface area contributed by atoms with Crippen LogP contribution >= 0.6 is 24.4 Å². The van der Waals surface area contributed by atoms with Crippen LogP contribution in [0.25, 0.3) is 0 Å². The fourth-order valence-electron chi connectivity index (χ4n) is 0.426. The van der Waals surface area contributed by atoms with Gasteiger partial charge in [-0.3, -0.25) is 0 Å². The maximum absolute atomic E-state index is 12.4. The van der Waals surface area contributed by atoms with E-state index in [4.69, 9.17) is 0 Å². The number of halogens is 4. The maximum Gasteiger partial charge on any atom is 0.265 e. The molecule has 0 heterocycles. The topological polar surface area (TPSA) is 0 Å². The predicted octanol–water partition coefficient (Wildman–Crippen LogP) is 2.59. The van der Waals surface area contributed by atoms with Crippen LogP contribution < -0.4 is 0 Å². The van der Waals surface area contributed by atoms with Crippen LogP contribution in [0.2, 0.25) is 0 Å². The van der Waals surface area contributed by atoms with E-state index in [1.165, 1.54) is 0 Å². The fourth-order valence-corrected chi connectivity index (χ4v) is 1.55. The molecule has 0 rings (SSSR count). The van der Waals surface area contributed by atoms with Gasteiger partial charge in [-0.2, -0.15) is 24.4 Å². The minimum Gasteiger partial charge on any atom is -0.248 e. The number of hydrogen-bond donors (Lipinski definition) is 1. The number of alkyl halides is 4. The lowest BCUT2D eigenvalue weighted by atomic mass is 10.5. The first kappa shape index (κ1) is 12.4. The van der Waals surface area contributed by atoms with Crippen molar-refractivity contribution in [2.24, 2.45) is 0 Å². The zero-order valence-corrected chi connectivity index (χ0v) is 7.98. The fraction of sp³-hybridized carbons (Fsp3) is 1.00. The van der Waals surface area contributed by atoms with Crippen molar-refractivity contribution in [1.82, 2.24) is 0 Å². The van der Waals surface area contributed by atoms with Gasteiger partial charge >= 0.3 is 0 Å². The average Bonchev–Trinajstić information content (AvgIpc) is 2.04. The molecule has 0 aromatic rings. The Kier molecular flexibility index (Phi) is 6.17. The summed E-state index contributed by atoms with van der Waals surface area (Å²) >= 11 is 4.12. The first-order valence-electron chi connectivity index (χ1n) is 3.28. The van der Waals surface area contributed by atoms with E-state index >= 15 is 0 Å². The zero-order valence-electron chi connectivity index (χ0n) is 6.27. The molecule has 1 atom stereocenters. The summed E-state index contributed by atoms with van der Waals surface area (Å²) in [5, 5.41) is 0. The summed E-state index contributed by atoms with van der Waals surface area (Å²) in [6, 6.07) is 0. The molecule has 0 aliphatic heterocycles. The summed E-state index contributed by atoms with van der Waals surface area (Å²) in [7, 11) is 0. The van der Waals surface area contributed by atoms with Gasteiger partial charge in [0.1, 0.15) is 12.8 Å². The van der Waals surface area contributed by atoms with E-state index in [-0.39, 0.29) is 5.75 Å². The number of thiol groups is 1. The second-order valence-electron chi connectivity index (χ2n) is 2.28. The molecular weight excluding hydrogens is 212 g/mol. The van der Waals surface area contributed by atoms with Crippen molar-refractivity contribution in [2.45, 2.75) is 12.1 Å². The third-order valence-electron chi connectivity index (χ3n) is 1.01. The van der Waals surface area contributed by atoms with E-state index in [1.807, 2.05) is 0 Å². The van der Waals surface area contributed by atoms with Crippen molar-refractivity contribution >= 4 is 24.4 Å². The van der Waals surface area contributed by atoms with E-state index in [2.05, 4.69) is 12.6 Å². The van der Waals surface area contributed by atoms with E-state index in [9.17, 15) is 17.6 Å². The van der Waals surface area contributed by atoms with Gasteiger partial charge in [0.25, 0.3) is 5.92 Å². The molecule has 0 aromatic heterocycles. The third-order valence-corrected chi connectivity index (χ3v) is 2.70. The van der Waals surface area contributed by atoms with Crippen molar-refractivity contribution in [3.63, 3.8) is 0 Å². The monoisotopic (exact) mass is 222 g/mol. The Labute approximate surface area is 78.5 Å². The third kappa shape index (κ3) is 5.99. The molecule has 12 heavy (non-hydrogen) atoms. The molecule has 0 amide bonds. The van der Waals surface area contributed by atoms with Crippen LogP contribution in [0.5, 0.6) is 0 Å². The molecule has 0 aliphatic carbocycles. The Hall–Kier alpha value is 0.420. The van der Waals surface area contributed by atoms with Gasteiger partial charge < -0.3 is 0 Å². The number of thioether (sulfide) groups is 1. The second kappa shape index (κ2) is 5.96. The van der Waals surface area contributed by atoms with Crippen LogP contribution in [0.4, 0.5) is 17.6 Å². The molecule has 0 spiro atoms. The van der Waals surface area contributed by atoms with E-state index in [0.29, 0.717) is 11.8 Å². The molecule has 0 bridgehead atoms. The summed E-state index contributed by atoms with van der Waals surface area (Å²) in [6.45, 7) is -1.11. The highest BCUT2D eigenvalue weighted by Crippen LogP contribution is 2.22. The Bertz CT molecular complexity index is 120. The first-order valence-corrected chi connectivity index (χ1v) is 5.07. The highest BCUT2D eigenvalue weighted by atomic mass is 32.2. The van der Waals surface area contributed by atoms with Crippen LogP contribution in [0, 0.1) is 0 Å². The van der Waals surface area contributed by atoms with Gasteiger partial charge in [-0.1, -0.05) is 0 Å². The Balaban J connectivity index is 3.42. The highest BCUT2D eigenvalue weighted by molar-refractivity contribution is 7.99. The van der Waals surface area contributed by atoms with Gasteiger partial charge in [-0.15, -0.1) is 0 Å². The molecule has 1 unspecified atom stereocenters. The number of rotatable bonds is 6. The molecule has 74 valence electrons. The molecule has 0 N–H and O–H groups in total. The molecular formula is C6H10F4S2. The predicted molar refractivity (Wildman–Crippen MR) is 47.0 cm³/mol. The van der Waals surface area contributed by atoms with Crippen molar-refractivity contribution in [3.05, 3.63) is 0 Å². The van der Waals surface area contributed by atoms with Crippen molar-refractivity contribution < 1.29 is 17.6 Å². The quantitative estimate of drug-likeness (QED) is 0.532. The maximum atomic E-state index is 12.4. The Morgan fingerprint density at radius 3 is 2.42 bits per heavy atom. The van der Waals surface area contributed by atoms with Gasteiger partial charge in [0.2, 0.25) is 0 Å². The minimum atomic E-state index is -2.89. The lowest BCUT2D eigenvalue weighted by Gasteiger charge is -2.12. The van der Waals surface area contributed by atoms with Gasteiger partial charge in [-0.25, -0.2) is 17.6 Å². The van der Waals surface area contributed by atoms with Crippen LogP contribution in [0.3, 0.4) is 0 Å². The van der Waals surface area contributed by atoms with Crippen LogP contribution in [0.1, 0.15) is 0 Å². The standard InChI is InChI=1S/C6H10F4S2/c7-1-5(8)2-12-4-6(9,10)3-11/h5,11H,1-4H2. The van der Waals surface area contributed by atoms with E-state index in [1.54, 1.807) is 0 Å². The molecule has 0 saturated carbocycles. The molecule has 0 aliphatic rings. The largest absolute Gasteiger partial charge is 0.265 e.